The Morgan fingerprint density at radius 3 is 3.04 bits per heavy atom. The van der Waals surface area contributed by atoms with Gasteiger partial charge in [0.2, 0.25) is 5.91 Å². The molecular weight excluding hydrogens is 290 g/mol. The molecule has 0 spiro atoms. The van der Waals surface area contributed by atoms with Crippen LogP contribution in [0.5, 0.6) is 0 Å². The summed E-state index contributed by atoms with van der Waals surface area (Å²) in [5.41, 5.74) is 2.28. The molecule has 0 saturated carbocycles. The van der Waals surface area contributed by atoms with Gasteiger partial charge in [-0.05, 0) is 25.0 Å². The van der Waals surface area contributed by atoms with Gasteiger partial charge in [-0.1, -0.05) is 12.1 Å². The SMILES string of the molecule is Cc1ccc2cnn(CCC(=O)NCCCn3ccnc3)c2c1. The Hall–Kier alpha value is -2.63. The minimum absolute atomic E-state index is 0.0620. The highest BCUT2D eigenvalue weighted by molar-refractivity contribution is 5.80. The summed E-state index contributed by atoms with van der Waals surface area (Å²) < 4.78 is 3.90. The van der Waals surface area contributed by atoms with Crippen LogP contribution >= 0.6 is 0 Å². The summed E-state index contributed by atoms with van der Waals surface area (Å²) in [6.45, 7) is 4.20. The molecule has 0 radical (unpaired) electrons. The van der Waals surface area contributed by atoms with Crippen molar-refractivity contribution in [2.24, 2.45) is 0 Å². The standard InChI is InChI=1S/C17H21N5O/c1-14-3-4-15-12-20-22(16(15)11-14)9-5-17(23)19-6-2-8-21-10-7-18-13-21/h3-4,7,10-13H,2,5-6,8-9H2,1H3,(H,19,23). The first-order chi connectivity index (χ1) is 11.2. The van der Waals surface area contributed by atoms with Crippen molar-refractivity contribution in [3.05, 3.63) is 48.7 Å². The fourth-order valence-corrected chi connectivity index (χ4v) is 2.56. The molecule has 6 heteroatoms. The number of aromatic nitrogens is 4. The van der Waals surface area contributed by atoms with E-state index < -0.39 is 0 Å². The summed E-state index contributed by atoms with van der Waals surface area (Å²) in [5.74, 6) is 0.0620. The van der Waals surface area contributed by atoms with Gasteiger partial charge < -0.3 is 9.88 Å². The molecule has 0 atom stereocenters. The normalized spacial score (nSPS) is 11.0. The van der Waals surface area contributed by atoms with Gasteiger partial charge in [0.15, 0.2) is 0 Å². The van der Waals surface area contributed by atoms with Gasteiger partial charge in [-0.3, -0.25) is 9.48 Å². The van der Waals surface area contributed by atoms with E-state index in [-0.39, 0.29) is 5.91 Å². The summed E-state index contributed by atoms with van der Waals surface area (Å²) >= 11 is 0. The Morgan fingerprint density at radius 1 is 1.30 bits per heavy atom. The molecule has 23 heavy (non-hydrogen) atoms. The number of imidazole rings is 1. The molecule has 1 aromatic carbocycles. The highest BCUT2D eigenvalue weighted by Crippen LogP contribution is 2.15. The highest BCUT2D eigenvalue weighted by Gasteiger charge is 2.06. The monoisotopic (exact) mass is 311 g/mol. The highest BCUT2D eigenvalue weighted by atomic mass is 16.1. The molecule has 1 N–H and O–H groups in total. The Labute approximate surface area is 135 Å². The summed E-state index contributed by atoms with van der Waals surface area (Å²) in [5, 5.41) is 8.43. The number of carbonyl (C=O) groups is 1. The zero-order valence-electron chi connectivity index (χ0n) is 13.3. The van der Waals surface area contributed by atoms with Gasteiger partial charge >= 0.3 is 0 Å². The number of amides is 1. The second-order valence-electron chi connectivity index (χ2n) is 5.68. The van der Waals surface area contributed by atoms with Crippen LogP contribution in [0.3, 0.4) is 0 Å². The summed E-state index contributed by atoms with van der Waals surface area (Å²) in [6, 6.07) is 6.23. The number of carbonyl (C=O) groups excluding carboxylic acids is 1. The Balaban J connectivity index is 1.44. The number of fused-ring (bicyclic) bond motifs is 1. The summed E-state index contributed by atoms with van der Waals surface area (Å²) in [4.78, 5) is 15.9. The largest absolute Gasteiger partial charge is 0.356 e. The minimum atomic E-state index is 0.0620. The van der Waals surface area contributed by atoms with Crippen molar-refractivity contribution in [2.75, 3.05) is 6.54 Å². The van der Waals surface area contributed by atoms with Crippen LogP contribution in [-0.4, -0.2) is 31.8 Å². The summed E-state index contributed by atoms with van der Waals surface area (Å²) in [7, 11) is 0. The molecule has 120 valence electrons. The van der Waals surface area contributed by atoms with Crippen molar-refractivity contribution in [1.29, 1.82) is 0 Å². The van der Waals surface area contributed by atoms with Crippen LogP contribution in [0.4, 0.5) is 0 Å². The molecule has 3 aromatic rings. The van der Waals surface area contributed by atoms with E-state index in [1.807, 2.05) is 21.6 Å². The van der Waals surface area contributed by atoms with Gasteiger partial charge in [-0.25, -0.2) is 4.98 Å². The molecule has 2 heterocycles. The lowest BCUT2D eigenvalue weighted by Crippen LogP contribution is -2.26. The molecule has 0 aliphatic rings. The average Bonchev–Trinajstić information content (AvgIpc) is 3.19. The molecule has 0 unspecified atom stereocenters. The molecule has 2 aromatic heterocycles. The third-order valence-corrected chi connectivity index (χ3v) is 3.83. The number of benzene rings is 1. The van der Waals surface area contributed by atoms with E-state index in [2.05, 4.69) is 40.5 Å². The third kappa shape index (κ3) is 3.97. The molecule has 0 saturated heterocycles. The average molecular weight is 311 g/mol. The Morgan fingerprint density at radius 2 is 2.22 bits per heavy atom. The molecule has 3 rings (SSSR count). The number of hydrogen-bond donors (Lipinski definition) is 1. The maximum Gasteiger partial charge on any atom is 0.221 e. The molecule has 0 aliphatic carbocycles. The molecular formula is C17H21N5O. The molecule has 0 fully saturated rings. The molecule has 0 aliphatic heterocycles. The second kappa shape index (κ2) is 7.09. The van der Waals surface area contributed by atoms with Gasteiger partial charge in [-0.2, -0.15) is 5.10 Å². The van der Waals surface area contributed by atoms with E-state index in [0.717, 1.165) is 23.9 Å². The maximum atomic E-state index is 11.9. The van der Waals surface area contributed by atoms with E-state index in [9.17, 15) is 4.79 Å². The zero-order valence-corrected chi connectivity index (χ0v) is 13.3. The second-order valence-corrected chi connectivity index (χ2v) is 5.68. The molecule has 6 nitrogen and oxygen atoms in total. The van der Waals surface area contributed by atoms with Crippen LogP contribution in [0.25, 0.3) is 10.9 Å². The van der Waals surface area contributed by atoms with E-state index >= 15 is 0 Å². The van der Waals surface area contributed by atoms with Crippen molar-refractivity contribution < 1.29 is 4.79 Å². The van der Waals surface area contributed by atoms with Gasteiger partial charge in [0.25, 0.3) is 0 Å². The van der Waals surface area contributed by atoms with Gasteiger partial charge in [0, 0.05) is 37.3 Å². The quantitative estimate of drug-likeness (QED) is 0.680. The lowest BCUT2D eigenvalue weighted by molar-refractivity contribution is -0.121. The number of hydrogen-bond acceptors (Lipinski definition) is 3. The number of aryl methyl sites for hydroxylation is 3. The predicted molar refractivity (Wildman–Crippen MR) is 88.9 cm³/mol. The number of rotatable bonds is 7. The van der Waals surface area contributed by atoms with Crippen LogP contribution in [0.2, 0.25) is 0 Å². The van der Waals surface area contributed by atoms with Crippen molar-refractivity contribution in [3.8, 4) is 0 Å². The lowest BCUT2D eigenvalue weighted by Gasteiger charge is -2.07. The van der Waals surface area contributed by atoms with Crippen molar-refractivity contribution in [3.63, 3.8) is 0 Å². The fourth-order valence-electron chi connectivity index (χ4n) is 2.56. The third-order valence-electron chi connectivity index (χ3n) is 3.83. The fraction of sp³-hybridized carbons (Fsp3) is 0.353. The van der Waals surface area contributed by atoms with Crippen molar-refractivity contribution in [1.82, 2.24) is 24.6 Å². The Kier molecular flexibility index (Phi) is 4.71. The van der Waals surface area contributed by atoms with Crippen molar-refractivity contribution in [2.45, 2.75) is 32.9 Å². The number of nitrogens with one attached hydrogen (secondary N) is 1. The Bertz CT molecular complexity index is 775. The molecule has 0 bridgehead atoms. The first-order valence-corrected chi connectivity index (χ1v) is 7.87. The predicted octanol–water partition coefficient (Wildman–Crippen LogP) is 2.14. The van der Waals surface area contributed by atoms with E-state index in [0.29, 0.717) is 19.5 Å². The van der Waals surface area contributed by atoms with Gasteiger partial charge in [0.1, 0.15) is 0 Å². The zero-order chi connectivity index (χ0) is 16.1. The van der Waals surface area contributed by atoms with Gasteiger partial charge in [-0.15, -0.1) is 0 Å². The first kappa shape index (κ1) is 15.3. The first-order valence-electron chi connectivity index (χ1n) is 7.87. The number of nitrogens with zero attached hydrogens (tertiary/aromatic N) is 4. The van der Waals surface area contributed by atoms with E-state index in [4.69, 9.17) is 0 Å². The topological polar surface area (TPSA) is 64.7 Å². The van der Waals surface area contributed by atoms with E-state index in [1.54, 1.807) is 12.5 Å². The van der Waals surface area contributed by atoms with Crippen LogP contribution in [0.1, 0.15) is 18.4 Å². The van der Waals surface area contributed by atoms with Crippen LogP contribution < -0.4 is 5.32 Å². The minimum Gasteiger partial charge on any atom is -0.356 e. The van der Waals surface area contributed by atoms with Crippen LogP contribution in [0, 0.1) is 6.92 Å². The van der Waals surface area contributed by atoms with Gasteiger partial charge in [0.05, 0.1) is 24.6 Å². The lowest BCUT2D eigenvalue weighted by atomic mass is 10.2. The maximum absolute atomic E-state index is 11.9. The summed E-state index contributed by atoms with van der Waals surface area (Å²) in [6.07, 6.45) is 8.65. The molecule has 1 amide bonds. The van der Waals surface area contributed by atoms with Crippen LogP contribution in [-0.2, 0) is 17.9 Å². The van der Waals surface area contributed by atoms with Crippen molar-refractivity contribution >= 4 is 16.8 Å². The van der Waals surface area contributed by atoms with E-state index in [1.165, 1.54) is 5.56 Å². The smallest absolute Gasteiger partial charge is 0.221 e. The van der Waals surface area contributed by atoms with Crippen LogP contribution in [0.15, 0.2) is 43.1 Å².